The van der Waals surface area contributed by atoms with Gasteiger partial charge in [0.05, 0.1) is 0 Å². The van der Waals surface area contributed by atoms with Crippen molar-refractivity contribution in [3.63, 3.8) is 0 Å². The first-order valence-electron chi connectivity index (χ1n) is 6.82. The van der Waals surface area contributed by atoms with Gasteiger partial charge in [-0.2, -0.15) is 0 Å². The molecule has 0 bridgehead atoms. The Bertz CT molecular complexity index is 281. The highest BCUT2D eigenvalue weighted by Gasteiger charge is 2.36. The van der Waals surface area contributed by atoms with Crippen molar-refractivity contribution in [3.8, 4) is 0 Å². The molecule has 5 heteroatoms. The highest BCUT2D eigenvalue weighted by molar-refractivity contribution is 5.76. The van der Waals surface area contributed by atoms with Crippen molar-refractivity contribution in [2.45, 2.75) is 51.2 Å². The zero-order valence-corrected chi connectivity index (χ0v) is 11.4. The second-order valence-electron chi connectivity index (χ2n) is 5.49. The van der Waals surface area contributed by atoms with Crippen LogP contribution in [0.1, 0.15) is 39.5 Å². The van der Waals surface area contributed by atoms with Crippen LogP contribution in [0.3, 0.4) is 0 Å². The van der Waals surface area contributed by atoms with Crippen LogP contribution < -0.4 is 5.73 Å². The van der Waals surface area contributed by atoms with Crippen molar-refractivity contribution < 1.29 is 15.0 Å². The molecule has 1 aliphatic carbocycles. The van der Waals surface area contributed by atoms with Crippen LogP contribution in [0.4, 0.5) is 0 Å². The monoisotopic (exact) mass is 258 g/mol. The average molecular weight is 258 g/mol. The van der Waals surface area contributed by atoms with Crippen LogP contribution in [-0.2, 0) is 4.79 Å². The van der Waals surface area contributed by atoms with Gasteiger partial charge in [-0.25, -0.2) is 4.79 Å². The van der Waals surface area contributed by atoms with Gasteiger partial charge in [-0.3, -0.25) is 4.90 Å². The van der Waals surface area contributed by atoms with Gasteiger partial charge in [0.1, 0.15) is 0 Å². The number of likely N-dealkylation sites (N-methyl/N-ethyl adjacent to an activating group) is 1. The molecule has 3 unspecified atom stereocenters. The van der Waals surface area contributed by atoms with E-state index in [0.29, 0.717) is 18.5 Å². The molecule has 4 N–H and O–H groups in total. The average Bonchev–Trinajstić information content (AvgIpc) is 2.35. The van der Waals surface area contributed by atoms with Crippen LogP contribution in [0, 0.1) is 5.92 Å². The summed E-state index contributed by atoms with van der Waals surface area (Å²) in [7, 11) is 0. The lowest BCUT2D eigenvalue weighted by molar-refractivity contribution is -0.159. The molecule has 1 aliphatic rings. The quantitative estimate of drug-likeness (QED) is 0.651. The molecule has 0 aromatic heterocycles. The minimum atomic E-state index is -1.69. The van der Waals surface area contributed by atoms with Gasteiger partial charge in [-0.15, -0.1) is 0 Å². The number of carboxylic acids is 1. The fourth-order valence-corrected chi connectivity index (χ4v) is 2.87. The van der Waals surface area contributed by atoms with E-state index in [2.05, 4.69) is 4.90 Å². The fourth-order valence-electron chi connectivity index (χ4n) is 2.87. The van der Waals surface area contributed by atoms with E-state index in [9.17, 15) is 9.90 Å². The van der Waals surface area contributed by atoms with Crippen molar-refractivity contribution >= 4 is 5.97 Å². The zero-order valence-electron chi connectivity index (χ0n) is 11.4. The van der Waals surface area contributed by atoms with Gasteiger partial charge < -0.3 is 15.9 Å². The number of hydrogen-bond donors (Lipinski definition) is 3. The molecule has 0 saturated heterocycles. The molecule has 0 heterocycles. The van der Waals surface area contributed by atoms with Gasteiger partial charge in [-0.05, 0) is 38.8 Å². The minimum absolute atomic E-state index is 0.167. The molecule has 0 amide bonds. The maximum absolute atomic E-state index is 11.0. The van der Waals surface area contributed by atoms with E-state index in [4.69, 9.17) is 10.8 Å². The zero-order chi connectivity index (χ0) is 13.8. The maximum atomic E-state index is 11.0. The molecule has 3 atom stereocenters. The van der Waals surface area contributed by atoms with Crippen LogP contribution in [0.15, 0.2) is 0 Å². The standard InChI is InChI=1S/C13H26N2O3/c1-3-15(9-13(2,18)12(16)17)11-7-5-4-6-10(11)8-14/h10-11,18H,3-9,14H2,1-2H3,(H,16,17). The second-order valence-corrected chi connectivity index (χ2v) is 5.49. The molecule has 0 aromatic carbocycles. The van der Waals surface area contributed by atoms with Crippen LogP contribution >= 0.6 is 0 Å². The molecule has 0 aliphatic heterocycles. The lowest BCUT2D eigenvalue weighted by Gasteiger charge is -2.41. The lowest BCUT2D eigenvalue weighted by atomic mass is 9.83. The molecule has 0 spiro atoms. The Morgan fingerprint density at radius 3 is 2.56 bits per heavy atom. The predicted molar refractivity (Wildman–Crippen MR) is 70.3 cm³/mol. The summed E-state index contributed by atoms with van der Waals surface area (Å²) in [4.78, 5) is 13.1. The first-order valence-corrected chi connectivity index (χ1v) is 6.82. The first kappa shape index (κ1) is 15.4. The van der Waals surface area contributed by atoms with Gasteiger partial charge in [-0.1, -0.05) is 19.8 Å². The summed E-state index contributed by atoms with van der Waals surface area (Å²) >= 11 is 0. The van der Waals surface area contributed by atoms with E-state index in [-0.39, 0.29) is 6.54 Å². The lowest BCUT2D eigenvalue weighted by Crippen LogP contribution is -2.53. The Kier molecular flexibility index (Phi) is 5.56. The highest BCUT2D eigenvalue weighted by Crippen LogP contribution is 2.28. The van der Waals surface area contributed by atoms with E-state index >= 15 is 0 Å². The van der Waals surface area contributed by atoms with Gasteiger partial charge in [0.25, 0.3) is 0 Å². The van der Waals surface area contributed by atoms with Crippen LogP contribution in [0.5, 0.6) is 0 Å². The SMILES string of the molecule is CCN(CC(C)(O)C(=O)O)C1CCCCC1CN. The number of hydrogen-bond acceptors (Lipinski definition) is 4. The third-order valence-electron chi connectivity index (χ3n) is 4.02. The van der Waals surface area contributed by atoms with Crippen LogP contribution in [0.2, 0.25) is 0 Å². The Morgan fingerprint density at radius 1 is 1.44 bits per heavy atom. The predicted octanol–water partition coefficient (Wildman–Crippen LogP) is 0.661. The number of rotatable bonds is 6. The molecule has 1 saturated carbocycles. The van der Waals surface area contributed by atoms with E-state index in [1.165, 1.54) is 13.3 Å². The van der Waals surface area contributed by atoms with Crippen molar-refractivity contribution in [2.75, 3.05) is 19.6 Å². The smallest absolute Gasteiger partial charge is 0.336 e. The molecular weight excluding hydrogens is 232 g/mol. The van der Waals surface area contributed by atoms with Gasteiger partial charge in [0.2, 0.25) is 0 Å². The minimum Gasteiger partial charge on any atom is -0.479 e. The number of aliphatic hydroxyl groups is 1. The van der Waals surface area contributed by atoms with Crippen LogP contribution in [-0.4, -0.2) is 52.4 Å². The normalized spacial score (nSPS) is 28.1. The maximum Gasteiger partial charge on any atom is 0.336 e. The number of nitrogens with zero attached hydrogens (tertiary/aromatic N) is 1. The Hall–Kier alpha value is -0.650. The second kappa shape index (κ2) is 6.50. The van der Waals surface area contributed by atoms with Gasteiger partial charge >= 0.3 is 5.97 Å². The Morgan fingerprint density at radius 2 is 2.06 bits per heavy atom. The molecule has 0 aromatic rings. The third-order valence-corrected chi connectivity index (χ3v) is 4.02. The van der Waals surface area contributed by atoms with E-state index in [1.54, 1.807) is 0 Å². The Balaban J connectivity index is 2.72. The summed E-state index contributed by atoms with van der Waals surface area (Å²) in [5, 5.41) is 18.9. The highest BCUT2D eigenvalue weighted by atomic mass is 16.4. The first-order chi connectivity index (χ1) is 8.42. The van der Waals surface area contributed by atoms with E-state index < -0.39 is 11.6 Å². The molecule has 0 radical (unpaired) electrons. The summed E-state index contributed by atoms with van der Waals surface area (Å²) in [5.41, 5.74) is 4.12. The van der Waals surface area contributed by atoms with E-state index in [0.717, 1.165) is 25.8 Å². The number of carboxylic acid groups (broad SMARTS) is 1. The summed E-state index contributed by atoms with van der Waals surface area (Å²) in [6, 6.07) is 0.305. The number of nitrogens with two attached hydrogens (primary N) is 1. The molecule has 106 valence electrons. The van der Waals surface area contributed by atoms with Crippen molar-refractivity contribution in [1.82, 2.24) is 4.90 Å². The number of carbonyl (C=O) groups is 1. The topological polar surface area (TPSA) is 86.8 Å². The van der Waals surface area contributed by atoms with Crippen LogP contribution in [0.25, 0.3) is 0 Å². The molecule has 18 heavy (non-hydrogen) atoms. The summed E-state index contributed by atoms with van der Waals surface area (Å²) in [6.45, 7) is 4.90. The Labute approximate surface area is 109 Å². The molecular formula is C13H26N2O3. The summed E-state index contributed by atoms with van der Waals surface area (Å²) < 4.78 is 0. The molecule has 1 fully saturated rings. The number of aliphatic carboxylic acids is 1. The largest absolute Gasteiger partial charge is 0.479 e. The third kappa shape index (κ3) is 3.67. The molecule has 5 nitrogen and oxygen atoms in total. The van der Waals surface area contributed by atoms with Gasteiger partial charge in [0, 0.05) is 12.6 Å². The fraction of sp³-hybridized carbons (Fsp3) is 0.923. The van der Waals surface area contributed by atoms with Crippen molar-refractivity contribution in [3.05, 3.63) is 0 Å². The summed E-state index contributed by atoms with van der Waals surface area (Å²) in [5.74, 6) is -0.746. The van der Waals surface area contributed by atoms with Gasteiger partial charge in [0.15, 0.2) is 5.60 Å². The summed E-state index contributed by atoms with van der Waals surface area (Å²) in [6.07, 6.45) is 4.51. The van der Waals surface area contributed by atoms with Crippen molar-refractivity contribution in [1.29, 1.82) is 0 Å². The van der Waals surface area contributed by atoms with E-state index in [1.807, 2.05) is 6.92 Å². The molecule has 1 rings (SSSR count). The van der Waals surface area contributed by atoms with Crippen molar-refractivity contribution in [2.24, 2.45) is 11.7 Å².